The number of hydrogen-bond acceptors (Lipinski definition) is 24. The molecule has 3 aliphatic rings. The summed E-state index contributed by atoms with van der Waals surface area (Å²) in [6.45, 7) is 20.0. The number of methoxy groups -OCH3 is 3. The van der Waals surface area contributed by atoms with Crippen LogP contribution in [0.2, 0.25) is 15.1 Å². The van der Waals surface area contributed by atoms with E-state index < -0.39 is 29.4 Å². The molecular formula is C72H86Cl3N15O9P2S. The molecule has 0 amide bonds. The molecule has 102 heavy (non-hydrogen) atoms. The zero-order chi connectivity index (χ0) is 72.7. The second-order valence-corrected chi connectivity index (χ2v) is 35.5. The summed E-state index contributed by atoms with van der Waals surface area (Å²) in [6, 6.07) is 41.5. The van der Waals surface area contributed by atoms with Gasteiger partial charge in [0.2, 0.25) is 23.7 Å². The first-order valence-electron chi connectivity index (χ1n) is 33.1. The maximum Gasteiger partial charge on any atom is 0.243 e. The van der Waals surface area contributed by atoms with Gasteiger partial charge >= 0.3 is 0 Å². The fraction of sp³-hybridized carbons (Fsp3) is 0.333. The predicted molar refractivity (Wildman–Crippen MR) is 414 cm³/mol. The second kappa shape index (κ2) is 34.7. The van der Waals surface area contributed by atoms with Crippen molar-refractivity contribution in [3.8, 4) is 28.9 Å². The first-order chi connectivity index (χ1) is 48.8. The number of halogens is 3. The van der Waals surface area contributed by atoms with Gasteiger partial charge in [-0.1, -0.05) is 77.3 Å². The SMILES string of the molecule is CC(C)S(=O)(=O)c1ccccc1Nc1nc(Nc2ccccc2)ncc1Cl.COc1cc(N2CCC(N3CCN(C)CC3)CC2)ccc1Nc1ncc(Cl)c(Nc2cccc(P(C)(C)=O)c2)n1.COc1cc(P(C)(C)=O)ccc1Nc1ncc(Cl)c(Oc2ccc(N3CCOCC3)cc2OC)n1. The number of aromatic nitrogens is 6. The maximum atomic E-state index is 12.6. The largest absolute Gasteiger partial charge is 0.495 e. The molecule has 0 aliphatic carbocycles. The van der Waals surface area contributed by atoms with Gasteiger partial charge in [0.25, 0.3) is 0 Å². The number of morpholine rings is 1. The van der Waals surface area contributed by atoms with Gasteiger partial charge in [-0.2, -0.15) is 15.0 Å². The van der Waals surface area contributed by atoms with Gasteiger partial charge in [-0.3, -0.25) is 4.90 Å². The van der Waals surface area contributed by atoms with E-state index in [0.717, 1.165) is 78.8 Å². The molecule has 0 bridgehead atoms. The van der Waals surface area contributed by atoms with Gasteiger partial charge in [0.05, 0.1) is 80.3 Å². The minimum Gasteiger partial charge on any atom is -0.495 e. The van der Waals surface area contributed by atoms with Crippen molar-refractivity contribution in [3.05, 3.63) is 167 Å². The highest BCUT2D eigenvalue weighted by Gasteiger charge is 2.29. The van der Waals surface area contributed by atoms with E-state index in [4.69, 9.17) is 58.5 Å². The molecule has 3 aliphatic heterocycles. The van der Waals surface area contributed by atoms with Crippen LogP contribution in [-0.4, -0.2) is 180 Å². The molecule has 6 aromatic carbocycles. The Labute approximate surface area is 611 Å². The number of piperidine rings is 1. The molecule has 0 radical (unpaired) electrons. The van der Waals surface area contributed by atoms with Crippen LogP contribution in [0.5, 0.6) is 28.9 Å². The van der Waals surface area contributed by atoms with Crippen LogP contribution < -0.4 is 65.9 Å². The Morgan fingerprint density at radius 1 is 0.510 bits per heavy atom. The summed E-state index contributed by atoms with van der Waals surface area (Å²) in [6.07, 6.45) is 6.82. The zero-order valence-electron chi connectivity index (χ0n) is 58.7. The van der Waals surface area contributed by atoms with E-state index in [2.05, 4.69) is 95.3 Å². The van der Waals surface area contributed by atoms with Crippen LogP contribution in [0.15, 0.2) is 157 Å². The maximum absolute atomic E-state index is 12.6. The number of sulfone groups is 1. The topological polar surface area (TPSA) is 265 Å². The van der Waals surface area contributed by atoms with Crippen molar-refractivity contribution in [2.45, 2.75) is 42.9 Å². The number of nitrogens with zero attached hydrogens (tertiary/aromatic N) is 10. The van der Waals surface area contributed by atoms with E-state index in [1.807, 2.05) is 78.9 Å². The van der Waals surface area contributed by atoms with Crippen molar-refractivity contribution in [1.29, 1.82) is 0 Å². The lowest BCUT2D eigenvalue weighted by Crippen LogP contribution is -2.52. The first kappa shape index (κ1) is 76.2. The van der Waals surface area contributed by atoms with E-state index in [1.54, 1.807) is 110 Å². The van der Waals surface area contributed by atoms with Gasteiger partial charge in [0.15, 0.2) is 33.0 Å². The van der Waals surface area contributed by atoms with Crippen molar-refractivity contribution in [2.24, 2.45) is 0 Å². The van der Waals surface area contributed by atoms with Crippen molar-refractivity contribution < 1.29 is 41.2 Å². The highest BCUT2D eigenvalue weighted by molar-refractivity contribution is 7.92. The standard InChI is InChI=1S/C29H39ClN7O2P.C24H28ClN4O5P.C19H19ClN4O2S/c1-35-14-16-37(17-15-35)22-10-12-36(13-11-22)23-8-9-26(27(19-23)39-2)33-29-31-20-25(30)28(34-29)32-21-6-5-7-24(18-21)40(3,4)38;1-31-21-14-17(35(3,4)30)6-7-19(21)27-24-26-15-18(25)23(28-24)34-20-8-5-16(13-22(20)32-2)29-9-11-33-12-10-29;1-13(2)27(25,26)17-11-7-6-10-16(17)23-18-15(20)12-21-19(24-18)22-14-8-4-3-5-9-14/h5-9,18-20,22H,10-17H2,1-4H3,(H2,31,32,33,34);5-8,13-15H,9-12H2,1-4H3,(H,26,27,28);3-13H,1-2H3,(H2,21,22,23,24). The Morgan fingerprint density at radius 3 is 1.65 bits per heavy atom. The molecular weight excluding hydrogens is 1420 g/mol. The molecule has 0 saturated carbocycles. The monoisotopic (exact) mass is 1500 g/mol. The summed E-state index contributed by atoms with van der Waals surface area (Å²) < 4.78 is 78.4. The number of benzene rings is 6. The Hall–Kier alpha value is -8.48. The lowest BCUT2D eigenvalue weighted by atomic mass is 10.0. The number of piperazine rings is 1. The van der Waals surface area contributed by atoms with Crippen LogP contribution >= 0.6 is 49.1 Å². The van der Waals surface area contributed by atoms with Crippen molar-refractivity contribution >= 4 is 139 Å². The van der Waals surface area contributed by atoms with Crippen molar-refractivity contribution in [1.82, 2.24) is 39.7 Å². The van der Waals surface area contributed by atoms with Gasteiger partial charge in [0, 0.05) is 104 Å². The van der Waals surface area contributed by atoms with Gasteiger partial charge < -0.3 is 74.1 Å². The molecule has 5 N–H and O–H groups in total. The molecule has 3 saturated heterocycles. The Morgan fingerprint density at radius 2 is 1.03 bits per heavy atom. The average molecular weight is 1510 g/mol. The Bertz CT molecular complexity index is 4560. The number of hydrogen-bond donors (Lipinski definition) is 5. The number of rotatable bonds is 22. The average Bonchev–Trinajstić information content (AvgIpc) is 0.809. The molecule has 0 atom stereocenters. The normalized spacial score (nSPS) is 14.7. The van der Waals surface area contributed by atoms with Crippen LogP contribution in [0.1, 0.15) is 26.7 Å². The molecule has 3 aromatic heterocycles. The second-order valence-electron chi connectivity index (χ2n) is 25.3. The van der Waals surface area contributed by atoms with Crippen LogP contribution in [0, 0.1) is 0 Å². The smallest absolute Gasteiger partial charge is 0.243 e. The van der Waals surface area contributed by atoms with Crippen LogP contribution in [0.4, 0.5) is 69.3 Å². The van der Waals surface area contributed by atoms with Crippen LogP contribution in [0.3, 0.4) is 0 Å². The quantitative estimate of drug-likeness (QED) is 0.0395. The number of ether oxygens (including phenoxy) is 5. The molecule has 9 aromatic rings. The molecule has 540 valence electrons. The fourth-order valence-corrected chi connectivity index (χ4v) is 14.7. The summed E-state index contributed by atoms with van der Waals surface area (Å²) >= 11 is 18.9. The van der Waals surface area contributed by atoms with Gasteiger partial charge in [-0.25, -0.2) is 23.4 Å². The minimum absolute atomic E-state index is 0.170. The molecule has 6 heterocycles. The van der Waals surface area contributed by atoms with E-state index in [9.17, 15) is 17.5 Å². The molecule has 30 heteroatoms. The lowest BCUT2D eigenvalue weighted by Gasteiger charge is -2.42. The van der Waals surface area contributed by atoms with Gasteiger partial charge in [-0.05, 0) is 139 Å². The van der Waals surface area contributed by atoms with E-state index in [1.165, 1.54) is 38.3 Å². The molecule has 0 unspecified atom stereocenters. The van der Waals surface area contributed by atoms with E-state index >= 15 is 0 Å². The summed E-state index contributed by atoms with van der Waals surface area (Å²) in [5, 5.41) is 17.6. The summed E-state index contributed by atoms with van der Waals surface area (Å²) in [5.41, 5.74) is 5.56. The van der Waals surface area contributed by atoms with E-state index in [0.29, 0.717) is 81.7 Å². The van der Waals surface area contributed by atoms with Crippen LogP contribution in [0.25, 0.3) is 0 Å². The number of para-hydroxylation sites is 2. The Kier molecular flexibility index (Phi) is 25.9. The third kappa shape index (κ3) is 20.2. The van der Waals surface area contributed by atoms with Crippen LogP contribution in [-0.2, 0) is 23.7 Å². The Balaban J connectivity index is 0.000000168. The lowest BCUT2D eigenvalue weighted by molar-refractivity contribution is 0.0982. The molecule has 0 spiro atoms. The van der Waals surface area contributed by atoms with Gasteiger partial charge in [0.1, 0.15) is 40.9 Å². The number of nitrogens with one attached hydrogen (secondary N) is 5. The summed E-state index contributed by atoms with van der Waals surface area (Å²) in [5.74, 6) is 4.21. The fourth-order valence-electron chi connectivity index (χ4n) is 11.3. The summed E-state index contributed by atoms with van der Waals surface area (Å²) in [4.78, 5) is 36.1. The minimum atomic E-state index is -3.46. The first-order valence-corrected chi connectivity index (χ1v) is 41.0. The zero-order valence-corrected chi connectivity index (χ0v) is 63.5. The van der Waals surface area contributed by atoms with Crippen molar-refractivity contribution in [2.75, 3.05) is 157 Å². The van der Waals surface area contributed by atoms with Crippen molar-refractivity contribution in [3.63, 3.8) is 0 Å². The van der Waals surface area contributed by atoms with Gasteiger partial charge in [-0.15, -0.1) is 0 Å². The third-order valence-electron chi connectivity index (χ3n) is 17.1. The number of anilines is 12. The predicted octanol–water partition coefficient (Wildman–Crippen LogP) is 14.7. The highest BCUT2D eigenvalue weighted by atomic mass is 35.5. The molecule has 12 rings (SSSR count). The third-order valence-corrected chi connectivity index (χ3v) is 23.2. The molecule has 3 fully saturated rings. The summed E-state index contributed by atoms with van der Waals surface area (Å²) in [7, 11) is -1.28. The highest BCUT2D eigenvalue weighted by Crippen LogP contribution is 2.42. The van der Waals surface area contributed by atoms with E-state index in [-0.39, 0.29) is 26.8 Å². The molecule has 24 nitrogen and oxygen atoms in total. The number of likely N-dealkylation sites (N-methyl/N-ethyl adjacent to an activating group) is 1.